The lowest BCUT2D eigenvalue weighted by Gasteiger charge is -2.06. The van der Waals surface area contributed by atoms with Crippen molar-refractivity contribution in [3.8, 4) is 22.4 Å². The third-order valence-electron chi connectivity index (χ3n) is 3.21. The van der Waals surface area contributed by atoms with Crippen molar-refractivity contribution in [2.75, 3.05) is 5.73 Å². The Morgan fingerprint density at radius 3 is 2.62 bits per heavy atom. The first-order valence-electron chi connectivity index (χ1n) is 6.34. The molecule has 0 aliphatic carbocycles. The zero-order valence-electron chi connectivity index (χ0n) is 11.2. The second-order valence-corrected chi connectivity index (χ2v) is 6.53. The lowest BCUT2D eigenvalue weighted by molar-refractivity contribution is 0.439. The minimum atomic E-state index is 0.324. The fourth-order valence-corrected chi connectivity index (χ4v) is 3.48. The van der Waals surface area contributed by atoms with Crippen LogP contribution in [0.25, 0.3) is 22.4 Å². The fraction of sp³-hybridized carbons (Fsp3) is 0.0625. The molecule has 3 rings (SSSR count). The number of halogens is 2. The molecule has 2 aromatic carbocycles. The lowest BCUT2D eigenvalue weighted by Crippen LogP contribution is -1.89. The molecule has 1 aromatic heterocycles. The minimum Gasteiger partial charge on any atom is -0.367 e. The van der Waals surface area contributed by atoms with Crippen LogP contribution in [-0.4, -0.2) is 5.16 Å². The zero-order chi connectivity index (χ0) is 15.0. The monoisotopic (exact) mass is 406 g/mol. The minimum absolute atomic E-state index is 0.324. The van der Waals surface area contributed by atoms with Crippen LogP contribution >= 0.6 is 31.9 Å². The highest BCUT2D eigenvalue weighted by Gasteiger charge is 2.19. The van der Waals surface area contributed by atoms with Crippen LogP contribution in [0.3, 0.4) is 0 Å². The molecule has 0 atom stereocenters. The third-order valence-corrected chi connectivity index (χ3v) is 4.36. The molecule has 0 bridgehead atoms. The number of aryl methyl sites for hydroxylation is 1. The van der Waals surface area contributed by atoms with E-state index in [0.29, 0.717) is 5.88 Å². The molecule has 0 radical (unpaired) electrons. The highest BCUT2D eigenvalue weighted by atomic mass is 79.9. The van der Waals surface area contributed by atoms with E-state index in [1.807, 2.05) is 43.3 Å². The van der Waals surface area contributed by atoms with Crippen LogP contribution < -0.4 is 5.73 Å². The van der Waals surface area contributed by atoms with Crippen LogP contribution in [0, 0.1) is 6.92 Å². The largest absolute Gasteiger partial charge is 0.367 e. The van der Waals surface area contributed by atoms with Gasteiger partial charge in [0, 0.05) is 14.5 Å². The Morgan fingerprint density at radius 1 is 1.10 bits per heavy atom. The second kappa shape index (κ2) is 5.66. The number of nitrogens with zero attached hydrogens (tertiary/aromatic N) is 1. The second-order valence-electron chi connectivity index (χ2n) is 4.76. The number of benzene rings is 2. The number of nitrogen functional groups attached to an aromatic ring is 1. The van der Waals surface area contributed by atoms with Crippen LogP contribution in [0.1, 0.15) is 5.56 Å². The smallest absolute Gasteiger partial charge is 0.230 e. The highest BCUT2D eigenvalue weighted by Crippen LogP contribution is 2.39. The average molecular weight is 408 g/mol. The Morgan fingerprint density at radius 2 is 1.90 bits per heavy atom. The normalized spacial score (nSPS) is 10.8. The molecular weight excluding hydrogens is 396 g/mol. The predicted molar refractivity (Wildman–Crippen MR) is 91.9 cm³/mol. The van der Waals surface area contributed by atoms with Crippen molar-refractivity contribution in [2.24, 2.45) is 0 Å². The molecule has 0 saturated carbocycles. The van der Waals surface area contributed by atoms with Gasteiger partial charge in [0.2, 0.25) is 5.88 Å². The first-order chi connectivity index (χ1) is 10.1. The number of rotatable bonds is 2. The molecule has 0 unspecified atom stereocenters. The summed E-state index contributed by atoms with van der Waals surface area (Å²) in [4.78, 5) is 0. The number of hydrogen-bond acceptors (Lipinski definition) is 3. The van der Waals surface area contributed by atoms with E-state index < -0.39 is 0 Å². The van der Waals surface area contributed by atoms with E-state index in [2.05, 4.69) is 43.1 Å². The van der Waals surface area contributed by atoms with Gasteiger partial charge < -0.3 is 10.3 Å². The average Bonchev–Trinajstić information content (AvgIpc) is 2.80. The Bertz CT molecular complexity index is 812. The number of hydrogen-bond donors (Lipinski definition) is 1. The molecule has 0 aliphatic rings. The SMILES string of the molecule is Cc1cccc(-c2c(-c3ccc(Br)cc3Br)noc2N)c1. The Kier molecular flexibility index (Phi) is 3.87. The van der Waals surface area contributed by atoms with Crippen LogP contribution in [0.5, 0.6) is 0 Å². The van der Waals surface area contributed by atoms with Gasteiger partial charge in [-0.3, -0.25) is 0 Å². The molecule has 106 valence electrons. The van der Waals surface area contributed by atoms with E-state index in [1.54, 1.807) is 0 Å². The summed E-state index contributed by atoms with van der Waals surface area (Å²) in [5.41, 5.74) is 10.6. The quantitative estimate of drug-likeness (QED) is 0.616. The molecule has 1 heterocycles. The summed E-state index contributed by atoms with van der Waals surface area (Å²) < 4.78 is 7.15. The maximum atomic E-state index is 5.99. The molecule has 2 N–H and O–H groups in total. The standard InChI is InChI=1S/C16H12Br2N2O/c1-9-3-2-4-10(7-9)14-15(20-21-16(14)19)12-6-5-11(17)8-13(12)18/h2-8H,19H2,1H3. The number of nitrogens with two attached hydrogens (primary N) is 1. The van der Waals surface area contributed by atoms with Crippen molar-refractivity contribution < 1.29 is 4.52 Å². The summed E-state index contributed by atoms with van der Waals surface area (Å²) in [6, 6.07) is 14.0. The molecule has 0 saturated heterocycles. The molecular formula is C16H12Br2N2O. The first-order valence-corrected chi connectivity index (χ1v) is 7.92. The lowest BCUT2D eigenvalue weighted by atomic mass is 10.00. The highest BCUT2D eigenvalue weighted by molar-refractivity contribution is 9.11. The molecule has 21 heavy (non-hydrogen) atoms. The topological polar surface area (TPSA) is 52.0 Å². The van der Waals surface area contributed by atoms with Crippen LogP contribution in [0.15, 0.2) is 55.9 Å². The van der Waals surface area contributed by atoms with Gasteiger partial charge in [-0.25, -0.2) is 0 Å². The summed E-state index contributed by atoms with van der Waals surface area (Å²) in [5.74, 6) is 0.324. The fourth-order valence-electron chi connectivity index (χ4n) is 2.25. The van der Waals surface area contributed by atoms with E-state index in [0.717, 1.165) is 36.9 Å². The third kappa shape index (κ3) is 2.76. The van der Waals surface area contributed by atoms with E-state index in [4.69, 9.17) is 10.3 Å². The molecule has 0 spiro atoms. The summed E-state index contributed by atoms with van der Waals surface area (Å²) in [6.07, 6.45) is 0. The van der Waals surface area contributed by atoms with Gasteiger partial charge in [-0.15, -0.1) is 0 Å². The van der Waals surface area contributed by atoms with Gasteiger partial charge in [0.25, 0.3) is 0 Å². The van der Waals surface area contributed by atoms with Crippen molar-refractivity contribution in [3.05, 3.63) is 57.0 Å². The number of anilines is 1. The van der Waals surface area contributed by atoms with Crippen LogP contribution in [0.2, 0.25) is 0 Å². The van der Waals surface area contributed by atoms with Crippen LogP contribution in [-0.2, 0) is 0 Å². The Hall–Kier alpha value is -1.59. The van der Waals surface area contributed by atoms with Crippen molar-refractivity contribution in [1.29, 1.82) is 0 Å². The van der Waals surface area contributed by atoms with Gasteiger partial charge in [-0.05, 0) is 24.6 Å². The van der Waals surface area contributed by atoms with Gasteiger partial charge in [0.1, 0.15) is 5.69 Å². The van der Waals surface area contributed by atoms with Crippen molar-refractivity contribution in [3.63, 3.8) is 0 Å². The summed E-state index contributed by atoms with van der Waals surface area (Å²) in [5, 5.41) is 4.14. The Balaban J connectivity index is 2.22. The van der Waals surface area contributed by atoms with Gasteiger partial charge in [0.15, 0.2) is 0 Å². The van der Waals surface area contributed by atoms with E-state index >= 15 is 0 Å². The molecule has 0 fully saturated rings. The predicted octanol–water partition coefficient (Wildman–Crippen LogP) is 5.42. The Labute approximate surface area is 139 Å². The summed E-state index contributed by atoms with van der Waals surface area (Å²) in [7, 11) is 0. The van der Waals surface area contributed by atoms with Crippen LogP contribution in [0.4, 0.5) is 5.88 Å². The van der Waals surface area contributed by atoms with Gasteiger partial charge in [-0.2, -0.15) is 0 Å². The van der Waals surface area contributed by atoms with E-state index in [-0.39, 0.29) is 0 Å². The molecule has 3 nitrogen and oxygen atoms in total. The van der Waals surface area contributed by atoms with Crippen molar-refractivity contribution in [2.45, 2.75) is 6.92 Å². The number of aromatic nitrogens is 1. The molecule has 3 aromatic rings. The summed E-state index contributed by atoms with van der Waals surface area (Å²) in [6.45, 7) is 2.04. The van der Waals surface area contributed by atoms with Gasteiger partial charge in [-0.1, -0.05) is 72.9 Å². The first kappa shape index (κ1) is 14.4. The molecule has 5 heteroatoms. The van der Waals surface area contributed by atoms with Gasteiger partial charge in [0.05, 0.1) is 5.56 Å². The molecule has 0 aliphatic heterocycles. The zero-order valence-corrected chi connectivity index (χ0v) is 14.4. The van der Waals surface area contributed by atoms with Crippen molar-refractivity contribution in [1.82, 2.24) is 5.16 Å². The van der Waals surface area contributed by atoms with Gasteiger partial charge >= 0.3 is 0 Å². The van der Waals surface area contributed by atoms with E-state index in [9.17, 15) is 0 Å². The maximum Gasteiger partial charge on any atom is 0.230 e. The maximum absolute atomic E-state index is 5.99. The van der Waals surface area contributed by atoms with E-state index in [1.165, 1.54) is 0 Å². The molecule has 0 amide bonds. The van der Waals surface area contributed by atoms with Crippen molar-refractivity contribution >= 4 is 37.7 Å². The summed E-state index contributed by atoms with van der Waals surface area (Å²) >= 11 is 7.01.